The second-order valence-corrected chi connectivity index (χ2v) is 10.6. The number of rotatable bonds is 2. The Morgan fingerprint density at radius 2 is 1.57 bits per heavy atom. The third kappa shape index (κ3) is 3.50. The molecule has 3 atom stereocenters. The van der Waals surface area contributed by atoms with Gasteiger partial charge in [0.05, 0.1) is 6.21 Å². The van der Waals surface area contributed by atoms with Crippen LogP contribution in [0.15, 0.2) is 59.7 Å². The van der Waals surface area contributed by atoms with Gasteiger partial charge in [-0.15, -0.1) is 0 Å². The van der Waals surface area contributed by atoms with Crippen LogP contribution < -0.4 is 0 Å². The molecule has 1 unspecified atom stereocenters. The first-order valence-corrected chi connectivity index (χ1v) is 11.6. The van der Waals surface area contributed by atoms with Crippen LogP contribution in [-0.2, 0) is 28.6 Å². The van der Waals surface area contributed by atoms with Crippen molar-refractivity contribution < 1.29 is 28.6 Å². The fourth-order valence-electron chi connectivity index (χ4n) is 5.38. The zero-order valence-corrected chi connectivity index (χ0v) is 20.3. The van der Waals surface area contributed by atoms with Crippen LogP contribution in [0.3, 0.4) is 0 Å². The quantitative estimate of drug-likeness (QED) is 0.482. The minimum atomic E-state index is -1.88. The molecule has 2 fully saturated rings. The van der Waals surface area contributed by atoms with Crippen molar-refractivity contribution in [1.82, 2.24) is 5.01 Å². The van der Waals surface area contributed by atoms with E-state index in [9.17, 15) is 14.4 Å². The summed E-state index contributed by atoms with van der Waals surface area (Å²) in [5.41, 5.74) is -0.639. The van der Waals surface area contributed by atoms with Crippen molar-refractivity contribution in [3.05, 3.63) is 71.3 Å². The van der Waals surface area contributed by atoms with Gasteiger partial charge in [-0.05, 0) is 37.5 Å². The molecule has 0 saturated carbocycles. The van der Waals surface area contributed by atoms with Crippen molar-refractivity contribution in [2.24, 2.45) is 10.5 Å². The predicted molar refractivity (Wildman–Crippen MR) is 126 cm³/mol. The largest absolute Gasteiger partial charge is 0.458 e. The molecule has 3 aliphatic rings. The van der Waals surface area contributed by atoms with Crippen LogP contribution in [-0.4, -0.2) is 46.6 Å². The monoisotopic (exact) mass is 476 g/mol. The van der Waals surface area contributed by atoms with E-state index in [2.05, 4.69) is 5.10 Å². The van der Waals surface area contributed by atoms with Crippen molar-refractivity contribution in [2.75, 3.05) is 0 Å². The number of carbonyl (C=O) groups excluding carboxylic acids is 3. The lowest BCUT2D eigenvalue weighted by Crippen LogP contribution is -2.58. The molecule has 2 aromatic rings. The second kappa shape index (κ2) is 7.66. The number of esters is 3. The summed E-state index contributed by atoms with van der Waals surface area (Å²) < 4.78 is 17.2. The minimum Gasteiger partial charge on any atom is -0.458 e. The summed E-state index contributed by atoms with van der Waals surface area (Å²) in [6.07, 6.45) is 1.63. The van der Waals surface area contributed by atoms with Crippen LogP contribution in [0, 0.1) is 5.41 Å². The minimum absolute atomic E-state index is 0.588. The molecule has 35 heavy (non-hydrogen) atoms. The lowest BCUT2D eigenvalue weighted by Gasteiger charge is -2.44. The van der Waals surface area contributed by atoms with E-state index in [1.54, 1.807) is 51.3 Å². The average Bonchev–Trinajstić information content (AvgIpc) is 3.09. The highest BCUT2D eigenvalue weighted by atomic mass is 16.7. The topological polar surface area (TPSA) is 94.5 Å². The number of nitrogens with zero attached hydrogens (tertiary/aromatic N) is 2. The molecular formula is C27H28N2O6. The molecule has 2 saturated heterocycles. The van der Waals surface area contributed by atoms with Gasteiger partial charge in [0.25, 0.3) is 5.79 Å². The van der Waals surface area contributed by atoms with Crippen LogP contribution >= 0.6 is 0 Å². The van der Waals surface area contributed by atoms with Gasteiger partial charge >= 0.3 is 17.9 Å². The summed E-state index contributed by atoms with van der Waals surface area (Å²) in [5, 5.41) is 6.11. The number of fused-ring (bicyclic) bond motifs is 4. The third-order valence-electron chi connectivity index (χ3n) is 6.57. The smallest absolute Gasteiger partial charge is 0.331 e. The molecule has 0 aromatic heterocycles. The predicted octanol–water partition coefficient (Wildman–Crippen LogP) is 3.71. The van der Waals surface area contributed by atoms with E-state index in [1.807, 2.05) is 30.3 Å². The van der Waals surface area contributed by atoms with Gasteiger partial charge in [-0.2, -0.15) is 5.10 Å². The van der Waals surface area contributed by atoms with Crippen molar-refractivity contribution in [3.63, 3.8) is 0 Å². The summed E-state index contributed by atoms with van der Waals surface area (Å²) in [5.74, 6) is -4.49. The molecule has 8 nitrogen and oxygen atoms in total. The second-order valence-electron chi connectivity index (χ2n) is 10.6. The SMILES string of the molecule is CC(C)(C)OC(=O)[C@H]1[C@H](c2ccccc2)C2(C(=O)OC(C)(C)OC2=O)C2c3ccccc3C=NN21. The van der Waals surface area contributed by atoms with Crippen LogP contribution in [0.2, 0.25) is 0 Å². The van der Waals surface area contributed by atoms with Gasteiger partial charge in [0, 0.05) is 19.8 Å². The molecule has 0 radical (unpaired) electrons. The molecular weight excluding hydrogens is 448 g/mol. The fraction of sp³-hybridized carbons (Fsp3) is 0.407. The first-order valence-electron chi connectivity index (χ1n) is 11.6. The van der Waals surface area contributed by atoms with E-state index >= 15 is 0 Å². The molecule has 0 amide bonds. The van der Waals surface area contributed by atoms with E-state index < -0.39 is 52.7 Å². The molecule has 3 aliphatic heterocycles. The summed E-state index contributed by atoms with van der Waals surface area (Å²) >= 11 is 0. The van der Waals surface area contributed by atoms with E-state index in [0.717, 1.165) is 5.56 Å². The highest BCUT2D eigenvalue weighted by molar-refractivity contribution is 6.06. The lowest BCUT2D eigenvalue weighted by molar-refractivity contribution is -0.254. The maximum absolute atomic E-state index is 14.0. The van der Waals surface area contributed by atoms with Crippen molar-refractivity contribution >= 4 is 24.1 Å². The van der Waals surface area contributed by atoms with Crippen molar-refractivity contribution in [1.29, 1.82) is 0 Å². The third-order valence-corrected chi connectivity index (χ3v) is 6.57. The Morgan fingerprint density at radius 1 is 0.971 bits per heavy atom. The number of cyclic esters (lactones) is 2. The summed E-state index contributed by atoms with van der Waals surface area (Å²) in [4.78, 5) is 41.7. The molecule has 182 valence electrons. The fourth-order valence-corrected chi connectivity index (χ4v) is 5.38. The summed E-state index contributed by atoms with van der Waals surface area (Å²) in [6, 6.07) is 14.4. The van der Waals surface area contributed by atoms with Crippen LogP contribution in [0.1, 0.15) is 63.3 Å². The summed E-state index contributed by atoms with van der Waals surface area (Å²) in [6.45, 7) is 8.33. The first kappa shape index (κ1) is 23.1. The Hall–Kier alpha value is -3.68. The highest BCUT2D eigenvalue weighted by Crippen LogP contribution is 2.62. The first-order chi connectivity index (χ1) is 16.5. The van der Waals surface area contributed by atoms with Crippen molar-refractivity contribution in [3.8, 4) is 0 Å². The number of carbonyl (C=O) groups is 3. The Balaban J connectivity index is 1.80. The summed E-state index contributed by atoms with van der Waals surface area (Å²) in [7, 11) is 0. The molecule has 0 N–H and O–H groups in total. The van der Waals surface area contributed by atoms with Gasteiger partial charge in [0.2, 0.25) is 5.41 Å². The van der Waals surface area contributed by atoms with Crippen LogP contribution in [0.5, 0.6) is 0 Å². The van der Waals surface area contributed by atoms with Gasteiger partial charge in [0.1, 0.15) is 11.6 Å². The van der Waals surface area contributed by atoms with Gasteiger partial charge in [-0.1, -0.05) is 54.6 Å². The van der Waals surface area contributed by atoms with Gasteiger partial charge in [-0.3, -0.25) is 14.6 Å². The number of ether oxygens (including phenoxy) is 3. The molecule has 0 aliphatic carbocycles. The zero-order chi connectivity index (χ0) is 25.2. The van der Waals surface area contributed by atoms with E-state index in [1.165, 1.54) is 18.9 Å². The number of hydrazone groups is 1. The van der Waals surface area contributed by atoms with Crippen LogP contribution in [0.4, 0.5) is 0 Å². The molecule has 5 rings (SSSR count). The lowest BCUT2D eigenvalue weighted by atomic mass is 9.65. The van der Waals surface area contributed by atoms with Crippen LogP contribution in [0.25, 0.3) is 0 Å². The standard InChI is InChI=1S/C27H28N2O6/c1-25(2,3)33-22(30)20-19(16-11-7-6-8-12-16)27(23(31)34-26(4,5)35-24(27)32)21-18-14-10-9-13-17(18)15-28-29(20)21/h6-15,19-21H,1-5H3/t19-,20+,21?/m0/s1. The Kier molecular flexibility index (Phi) is 5.05. The number of benzene rings is 2. The van der Waals surface area contributed by atoms with Gasteiger partial charge < -0.3 is 14.2 Å². The Morgan fingerprint density at radius 3 is 2.20 bits per heavy atom. The molecule has 0 bridgehead atoms. The van der Waals surface area contributed by atoms with E-state index in [-0.39, 0.29) is 0 Å². The van der Waals surface area contributed by atoms with E-state index in [0.29, 0.717) is 11.1 Å². The number of hydrogen-bond acceptors (Lipinski definition) is 8. The van der Waals surface area contributed by atoms with Crippen molar-refractivity contribution in [2.45, 2.75) is 64.0 Å². The maximum Gasteiger partial charge on any atom is 0.331 e. The van der Waals surface area contributed by atoms with Gasteiger partial charge in [0.15, 0.2) is 6.04 Å². The Labute approximate surface area is 203 Å². The van der Waals surface area contributed by atoms with E-state index in [4.69, 9.17) is 14.2 Å². The van der Waals surface area contributed by atoms with Gasteiger partial charge in [-0.25, -0.2) is 4.79 Å². The molecule has 8 heteroatoms. The molecule has 3 heterocycles. The Bertz CT molecular complexity index is 1210. The normalized spacial score (nSPS) is 26.0. The zero-order valence-electron chi connectivity index (χ0n) is 20.3. The molecule has 1 spiro atoms. The highest BCUT2D eigenvalue weighted by Gasteiger charge is 2.75. The maximum atomic E-state index is 14.0. The number of hydrogen-bond donors (Lipinski definition) is 0. The average molecular weight is 477 g/mol. The molecule has 2 aromatic carbocycles.